The maximum absolute atomic E-state index is 12.3. The molecule has 6 nitrogen and oxygen atoms in total. The third-order valence-electron chi connectivity index (χ3n) is 3.02. The molecule has 0 radical (unpaired) electrons. The van der Waals surface area contributed by atoms with E-state index in [4.69, 9.17) is 18.0 Å². The quantitative estimate of drug-likeness (QED) is 0.583. The van der Waals surface area contributed by atoms with E-state index in [9.17, 15) is 13.2 Å². The maximum Gasteiger partial charge on any atom is 0.294 e. The lowest BCUT2D eigenvalue weighted by molar-refractivity contribution is 0.586. The Bertz CT molecular complexity index is 894. The van der Waals surface area contributed by atoms with Crippen molar-refractivity contribution in [2.45, 2.75) is 36.9 Å². The zero-order valence-corrected chi connectivity index (χ0v) is 14.3. The third-order valence-corrected chi connectivity index (χ3v) is 6.51. The van der Waals surface area contributed by atoms with Crippen molar-refractivity contribution >= 4 is 37.7 Å². The predicted octanol–water partition coefficient (Wildman–Crippen LogP) is 2.14. The average molecular weight is 360 g/mol. The summed E-state index contributed by atoms with van der Waals surface area (Å²) in [5.74, 6) is 2.25. The van der Waals surface area contributed by atoms with Crippen LogP contribution in [0.4, 0.5) is 0 Å². The van der Waals surface area contributed by atoms with E-state index in [1.807, 2.05) is 0 Å². The number of nitrogens with zero attached hydrogens (tertiary/aromatic N) is 3. The van der Waals surface area contributed by atoms with Crippen molar-refractivity contribution in [3.63, 3.8) is 0 Å². The van der Waals surface area contributed by atoms with Crippen LogP contribution < -0.4 is 5.56 Å². The second-order valence-corrected chi connectivity index (χ2v) is 8.28. The van der Waals surface area contributed by atoms with E-state index in [0.29, 0.717) is 6.42 Å². The van der Waals surface area contributed by atoms with Crippen LogP contribution in [-0.4, -0.2) is 28.8 Å². The Morgan fingerprint density at radius 3 is 2.73 bits per heavy atom. The first-order valence-corrected chi connectivity index (χ1v) is 9.54. The molecule has 0 unspecified atom stereocenters. The molecule has 0 bridgehead atoms. The molecule has 0 saturated carbocycles. The minimum absolute atomic E-state index is 0.0106. The number of aromatic nitrogens is 3. The van der Waals surface area contributed by atoms with Gasteiger partial charge in [0.1, 0.15) is 10.7 Å². The molecule has 0 aliphatic rings. The lowest BCUT2D eigenvalue weighted by Gasteiger charge is -1.99. The fraction of sp³-hybridized carbons (Fsp3) is 0.462. The van der Waals surface area contributed by atoms with Crippen LogP contribution in [-0.2, 0) is 9.84 Å². The molecule has 0 N–H and O–H groups in total. The zero-order chi connectivity index (χ0) is 16.3. The molecule has 0 amide bonds. The Hall–Kier alpha value is -1.43. The normalized spacial score (nSPS) is 11.7. The van der Waals surface area contributed by atoms with Gasteiger partial charge in [0.25, 0.3) is 5.56 Å². The summed E-state index contributed by atoms with van der Waals surface area (Å²) < 4.78 is 25.6. The fourth-order valence-corrected chi connectivity index (χ4v) is 4.62. The molecule has 0 aliphatic carbocycles. The zero-order valence-electron chi connectivity index (χ0n) is 11.9. The Kier molecular flexibility index (Phi) is 5.21. The second-order valence-electron chi connectivity index (χ2n) is 4.67. The van der Waals surface area contributed by atoms with E-state index in [1.54, 1.807) is 0 Å². The van der Waals surface area contributed by atoms with Crippen molar-refractivity contribution in [3.05, 3.63) is 21.1 Å². The molecule has 0 aromatic carbocycles. The third kappa shape index (κ3) is 3.32. The number of hydrogen-bond acceptors (Lipinski definition) is 6. The van der Waals surface area contributed by atoms with Crippen molar-refractivity contribution in [1.29, 1.82) is 0 Å². The standard InChI is InChI=1S/C13H14ClN3O3S2/c1-3-5-6-7-8-22(19,20)13-16-17-9(4-2)10(14)11(18)15-12(17)21-13/h2H,3,5-8H2,1H3. The van der Waals surface area contributed by atoms with Crippen molar-refractivity contribution in [2.75, 3.05) is 5.75 Å². The maximum atomic E-state index is 12.3. The molecule has 9 heteroatoms. The van der Waals surface area contributed by atoms with Crippen LogP contribution in [0.2, 0.25) is 5.02 Å². The Morgan fingerprint density at radius 1 is 1.36 bits per heavy atom. The predicted molar refractivity (Wildman–Crippen MR) is 86.3 cm³/mol. The summed E-state index contributed by atoms with van der Waals surface area (Å²) in [4.78, 5) is 15.4. The van der Waals surface area contributed by atoms with Crippen LogP contribution in [0.5, 0.6) is 0 Å². The highest BCUT2D eigenvalue weighted by atomic mass is 35.5. The van der Waals surface area contributed by atoms with E-state index in [0.717, 1.165) is 35.1 Å². The molecule has 2 heterocycles. The summed E-state index contributed by atoms with van der Waals surface area (Å²) in [5, 5.41) is 3.74. The van der Waals surface area contributed by atoms with Crippen molar-refractivity contribution in [3.8, 4) is 12.3 Å². The second kappa shape index (κ2) is 6.77. The number of hydrogen-bond donors (Lipinski definition) is 0. The number of sulfone groups is 1. The van der Waals surface area contributed by atoms with E-state index in [1.165, 1.54) is 0 Å². The molecule has 2 aromatic heterocycles. The van der Waals surface area contributed by atoms with Crippen molar-refractivity contribution < 1.29 is 8.42 Å². The molecular weight excluding hydrogens is 346 g/mol. The summed E-state index contributed by atoms with van der Waals surface area (Å²) in [6, 6.07) is 0. The molecule has 22 heavy (non-hydrogen) atoms. The summed E-state index contributed by atoms with van der Waals surface area (Å²) >= 11 is 6.61. The smallest absolute Gasteiger partial charge is 0.266 e. The van der Waals surface area contributed by atoms with Gasteiger partial charge in [0, 0.05) is 0 Å². The first kappa shape index (κ1) is 16.9. The first-order valence-electron chi connectivity index (χ1n) is 6.69. The SMILES string of the molecule is C#Cc1c(Cl)c(=O)nc2sc(S(=O)(=O)CCCCCC)nn12. The highest BCUT2D eigenvalue weighted by Gasteiger charge is 2.22. The summed E-state index contributed by atoms with van der Waals surface area (Å²) in [6.45, 7) is 2.05. The van der Waals surface area contributed by atoms with Crippen molar-refractivity contribution in [1.82, 2.24) is 14.6 Å². The molecule has 118 valence electrons. The van der Waals surface area contributed by atoms with E-state index in [2.05, 4.69) is 22.9 Å². The van der Waals surface area contributed by atoms with Crippen LogP contribution >= 0.6 is 22.9 Å². The van der Waals surface area contributed by atoms with Gasteiger partial charge in [-0.3, -0.25) is 4.79 Å². The Morgan fingerprint density at radius 2 is 2.09 bits per heavy atom. The van der Waals surface area contributed by atoms with Gasteiger partial charge in [0.05, 0.1) is 5.75 Å². The van der Waals surface area contributed by atoms with E-state index in [-0.39, 0.29) is 25.8 Å². The van der Waals surface area contributed by atoms with Gasteiger partial charge >= 0.3 is 0 Å². The highest BCUT2D eigenvalue weighted by Crippen LogP contribution is 2.22. The molecule has 0 saturated heterocycles. The number of unbranched alkanes of at least 4 members (excludes halogenated alkanes) is 3. The van der Waals surface area contributed by atoms with Crippen LogP contribution in [0, 0.1) is 12.3 Å². The molecule has 2 rings (SSSR count). The van der Waals surface area contributed by atoms with E-state index >= 15 is 0 Å². The minimum atomic E-state index is -3.52. The number of terminal acetylenes is 1. The lowest BCUT2D eigenvalue weighted by Crippen LogP contribution is -2.13. The summed E-state index contributed by atoms with van der Waals surface area (Å²) in [7, 11) is -3.52. The Balaban J connectivity index is 2.42. The van der Waals surface area contributed by atoms with Crippen molar-refractivity contribution in [2.24, 2.45) is 0 Å². The van der Waals surface area contributed by atoms with Gasteiger partial charge in [-0.2, -0.15) is 9.50 Å². The topological polar surface area (TPSA) is 81.4 Å². The van der Waals surface area contributed by atoms with Gasteiger partial charge in [-0.1, -0.05) is 49.1 Å². The molecule has 0 fully saturated rings. The summed E-state index contributed by atoms with van der Waals surface area (Å²) in [5.41, 5.74) is -0.675. The van der Waals surface area contributed by atoms with Gasteiger partial charge in [0.2, 0.25) is 19.1 Å². The van der Waals surface area contributed by atoms with Gasteiger partial charge in [0.15, 0.2) is 0 Å². The monoisotopic (exact) mass is 359 g/mol. The van der Waals surface area contributed by atoms with Crippen LogP contribution in [0.25, 0.3) is 4.96 Å². The van der Waals surface area contributed by atoms with Gasteiger partial charge in [-0.25, -0.2) is 8.42 Å². The van der Waals surface area contributed by atoms with Gasteiger partial charge < -0.3 is 0 Å². The lowest BCUT2D eigenvalue weighted by atomic mass is 10.2. The van der Waals surface area contributed by atoms with Crippen LogP contribution in [0.1, 0.15) is 38.3 Å². The van der Waals surface area contributed by atoms with Crippen LogP contribution in [0.15, 0.2) is 9.13 Å². The number of fused-ring (bicyclic) bond motifs is 1. The average Bonchev–Trinajstić information content (AvgIpc) is 2.89. The van der Waals surface area contributed by atoms with Gasteiger partial charge in [-0.05, 0) is 12.3 Å². The summed E-state index contributed by atoms with van der Waals surface area (Å²) in [6.07, 6.45) is 8.74. The van der Waals surface area contributed by atoms with Gasteiger partial charge in [-0.15, -0.1) is 11.5 Å². The molecular formula is C13H14ClN3O3S2. The highest BCUT2D eigenvalue weighted by molar-refractivity contribution is 7.93. The van der Waals surface area contributed by atoms with E-state index < -0.39 is 15.4 Å². The molecule has 0 atom stereocenters. The van der Waals surface area contributed by atoms with Crippen LogP contribution in [0.3, 0.4) is 0 Å². The molecule has 2 aromatic rings. The number of rotatable bonds is 6. The Labute approximate surface area is 137 Å². The minimum Gasteiger partial charge on any atom is -0.266 e. The molecule has 0 spiro atoms. The number of halogens is 1. The largest absolute Gasteiger partial charge is 0.294 e. The molecule has 0 aliphatic heterocycles. The first-order chi connectivity index (χ1) is 10.4. The fourth-order valence-electron chi connectivity index (χ4n) is 1.87.